The molecule has 0 saturated heterocycles. The monoisotopic (exact) mass is 354 g/mol. The van der Waals surface area contributed by atoms with Gasteiger partial charge in [0.1, 0.15) is 10.6 Å². The first kappa shape index (κ1) is 12.8. The molecule has 0 unspecified atom stereocenters. The molecule has 0 amide bonds. The van der Waals surface area contributed by atoms with Gasteiger partial charge in [0.15, 0.2) is 0 Å². The summed E-state index contributed by atoms with van der Waals surface area (Å²) in [7, 11) is 0. The molecule has 0 spiro atoms. The molecule has 96 valence electrons. The van der Waals surface area contributed by atoms with E-state index in [0.29, 0.717) is 5.88 Å². The Kier molecular flexibility index (Phi) is 3.43. The maximum absolute atomic E-state index is 5.90. The van der Waals surface area contributed by atoms with Gasteiger partial charge in [0, 0.05) is 4.47 Å². The molecule has 0 bridgehead atoms. The van der Waals surface area contributed by atoms with Crippen molar-refractivity contribution >= 4 is 49.1 Å². The van der Waals surface area contributed by atoms with Crippen molar-refractivity contribution in [3.63, 3.8) is 0 Å². The quantitative estimate of drug-likeness (QED) is 0.592. The SMILES string of the molecule is Cc1cc(Oc2nc(Cl)nc3sccc23)ccc1Br. The van der Waals surface area contributed by atoms with Gasteiger partial charge in [0.25, 0.3) is 0 Å². The van der Waals surface area contributed by atoms with Gasteiger partial charge in [-0.25, -0.2) is 4.98 Å². The summed E-state index contributed by atoms with van der Waals surface area (Å²) in [5.74, 6) is 1.21. The van der Waals surface area contributed by atoms with Gasteiger partial charge in [0.2, 0.25) is 11.2 Å². The number of hydrogen-bond donors (Lipinski definition) is 0. The molecule has 0 aliphatic rings. The number of benzene rings is 1. The van der Waals surface area contributed by atoms with E-state index in [1.54, 1.807) is 0 Å². The molecule has 0 aliphatic heterocycles. The molecule has 0 saturated carbocycles. The highest BCUT2D eigenvalue weighted by Gasteiger charge is 2.10. The van der Waals surface area contributed by atoms with E-state index in [-0.39, 0.29) is 5.28 Å². The van der Waals surface area contributed by atoms with Gasteiger partial charge in [-0.05, 0) is 53.7 Å². The van der Waals surface area contributed by atoms with Crippen molar-refractivity contribution in [1.82, 2.24) is 9.97 Å². The van der Waals surface area contributed by atoms with Crippen LogP contribution in [0.4, 0.5) is 0 Å². The van der Waals surface area contributed by atoms with Crippen LogP contribution in [0.25, 0.3) is 10.2 Å². The second-order valence-corrected chi connectivity index (χ2v) is 6.04. The summed E-state index contributed by atoms with van der Waals surface area (Å²) in [5.41, 5.74) is 1.10. The van der Waals surface area contributed by atoms with Gasteiger partial charge in [-0.15, -0.1) is 11.3 Å². The Morgan fingerprint density at radius 2 is 2.11 bits per heavy atom. The molecule has 0 aliphatic carbocycles. The van der Waals surface area contributed by atoms with Crippen LogP contribution in [0.5, 0.6) is 11.6 Å². The van der Waals surface area contributed by atoms with E-state index < -0.39 is 0 Å². The summed E-state index contributed by atoms with van der Waals surface area (Å²) >= 11 is 10.9. The minimum absolute atomic E-state index is 0.193. The van der Waals surface area contributed by atoms with Crippen LogP contribution in [0.2, 0.25) is 5.28 Å². The maximum atomic E-state index is 5.90. The lowest BCUT2D eigenvalue weighted by atomic mass is 10.2. The first-order valence-electron chi connectivity index (χ1n) is 5.48. The first-order valence-corrected chi connectivity index (χ1v) is 7.53. The number of halogens is 2. The van der Waals surface area contributed by atoms with Crippen LogP contribution in [0, 0.1) is 6.92 Å². The average Bonchev–Trinajstić information content (AvgIpc) is 2.82. The van der Waals surface area contributed by atoms with E-state index in [1.165, 1.54) is 11.3 Å². The fourth-order valence-electron chi connectivity index (χ4n) is 1.67. The number of ether oxygens (including phenoxy) is 1. The molecule has 0 atom stereocenters. The predicted molar refractivity (Wildman–Crippen MR) is 81.4 cm³/mol. The van der Waals surface area contributed by atoms with Crippen molar-refractivity contribution in [3.8, 4) is 11.6 Å². The number of nitrogens with zero attached hydrogens (tertiary/aromatic N) is 2. The molecular formula is C13H8BrClN2OS. The van der Waals surface area contributed by atoms with Gasteiger partial charge < -0.3 is 4.74 Å². The van der Waals surface area contributed by atoms with E-state index in [2.05, 4.69) is 25.9 Å². The molecule has 3 rings (SSSR count). The summed E-state index contributed by atoms with van der Waals surface area (Å²) in [6.45, 7) is 2.00. The third-order valence-electron chi connectivity index (χ3n) is 2.61. The van der Waals surface area contributed by atoms with Crippen LogP contribution >= 0.6 is 38.9 Å². The molecule has 3 nitrogen and oxygen atoms in total. The lowest BCUT2D eigenvalue weighted by molar-refractivity contribution is 0.468. The molecule has 1 aromatic carbocycles. The van der Waals surface area contributed by atoms with E-state index in [0.717, 1.165) is 26.0 Å². The molecule has 0 radical (unpaired) electrons. The van der Waals surface area contributed by atoms with Gasteiger partial charge >= 0.3 is 0 Å². The highest BCUT2D eigenvalue weighted by molar-refractivity contribution is 9.10. The second kappa shape index (κ2) is 5.07. The smallest absolute Gasteiger partial charge is 0.232 e. The number of aryl methyl sites for hydroxylation is 1. The minimum atomic E-state index is 0.193. The lowest BCUT2D eigenvalue weighted by Crippen LogP contribution is -1.91. The number of thiophene rings is 1. The molecule has 2 heterocycles. The fourth-order valence-corrected chi connectivity index (χ4v) is 2.89. The Hall–Kier alpha value is -1.17. The first-order chi connectivity index (χ1) is 9.13. The Labute approximate surface area is 127 Å². The number of rotatable bonds is 2. The minimum Gasteiger partial charge on any atom is -0.438 e. The van der Waals surface area contributed by atoms with Gasteiger partial charge in [-0.1, -0.05) is 15.9 Å². The van der Waals surface area contributed by atoms with Crippen molar-refractivity contribution in [2.45, 2.75) is 6.92 Å². The molecule has 0 N–H and O–H groups in total. The standard InChI is InChI=1S/C13H8BrClN2OS/c1-7-6-8(2-3-10(7)14)18-11-9-4-5-19-12(9)17-13(15)16-11/h2-6H,1H3. The van der Waals surface area contributed by atoms with Crippen molar-refractivity contribution in [2.75, 3.05) is 0 Å². The summed E-state index contributed by atoms with van der Waals surface area (Å²) < 4.78 is 6.86. The highest BCUT2D eigenvalue weighted by Crippen LogP contribution is 2.32. The molecule has 3 aromatic rings. The van der Waals surface area contributed by atoms with Crippen LogP contribution in [-0.2, 0) is 0 Å². The normalized spacial score (nSPS) is 10.9. The molecule has 6 heteroatoms. The van der Waals surface area contributed by atoms with Gasteiger partial charge in [-0.3, -0.25) is 0 Å². The van der Waals surface area contributed by atoms with E-state index in [9.17, 15) is 0 Å². The summed E-state index contributed by atoms with van der Waals surface area (Å²) in [5, 5.41) is 3.00. The number of hydrogen-bond acceptors (Lipinski definition) is 4. The van der Waals surface area contributed by atoms with E-state index in [1.807, 2.05) is 36.6 Å². The maximum Gasteiger partial charge on any atom is 0.232 e. The van der Waals surface area contributed by atoms with Crippen LogP contribution in [-0.4, -0.2) is 9.97 Å². The average molecular weight is 356 g/mol. The Balaban J connectivity index is 2.04. The molecule has 19 heavy (non-hydrogen) atoms. The summed E-state index contributed by atoms with van der Waals surface area (Å²) in [4.78, 5) is 9.13. The molecule has 2 aromatic heterocycles. The van der Waals surface area contributed by atoms with E-state index >= 15 is 0 Å². The van der Waals surface area contributed by atoms with Gasteiger partial charge in [-0.2, -0.15) is 4.98 Å². The molecular weight excluding hydrogens is 348 g/mol. The van der Waals surface area contributed by atoms with Crippen LogP contribution in [0.1, 0.15) is 5.56 Å². The van der Waals surface area contributed by atoms with Crippen molar-refractivity contribution in [1.29, 1.82) is 0 Å². The third-order valence-corrected chi connectivity index (χ3v) is 4.47. The van der Waals surface area contributed by atoms with Crippen molar-refractivity contribution < 1.29 is 4.74 Å². The molecule has 0 fully saturated rings. The number of fused-ring (bicyclic) bond motifs is 1. The Bertz CT molecular complexity index is 759. The van der Waals surface area contributed by atoms with Crippen molar-refractivity contribution in [2.24, 2.45) is 0 Å². The second-order valence-electron chi connectivity index (χ2n) is 3.95. The Morgan fingerprint density at radius 1 is 1.26 bits per heavy atom. The van der Waals surface area contributed by atoms with Crippen LogP contribution in [0.15, 0.2) is 34.1 Å². The largest absolute Gasteiger partial charge is 0.438 e. The van der Waals surface area contributed by atoms with Crippen LogP contribution < -0.4 is 4.74 Å². The third kappa shape index (κ3) is 2.59. The topological polar surface area (TPSA) is 35.0 Å². The summed E-state index contributed by atoms with van der Waals surface area (Å²) in [6, 6.07) is 7.69. The van der Waals surface area contributed by atoms with Crippen molar-refractivity contribution in [3.05, 3.63) is 45.0 Å². The van der Waals surface area contributed by atoms with Gasteiger partial charge in [0.05, 0.1) is 5.39 Å². The number of aromatic nitrogens is 2. The predicted octanol–water partition coefficient (Wildman–Crippen LogP) is 5.21. The Morgan fingerprint density at radius 3 is 2.89 bits per heavy atom. The zero-order valence-electron chi connectivity index (χ0n) is 9.85. The fraction of sp³-hybridized carbons (Fsp3) is 0.0769. The zero-order valence-corrected chi connectivity index (χ0v) is 13.0. The summed E-state index contributed by atoms with van der Waals surface area (Å²) in [6.07, 6.45) is 0. The van der Waals surface area contributed by atoms with E-state index in [4.69, 9.17) is 16.3 Å². The van der Waals surface area contributed by atoms with Crippen LogP contribution in [0.3, 0.4) is 0 Å². The lowest BCUT2D eigenvalue weighted by Gasteiger charge is -2.07. The zero-order chi connectivity index (χ0) is 13.4. The highest BCUT2D eigenvalue weighted by atomic mass is 79.9.